The van der Waals surface area contributed by atoms with Crippen molar-refractivity contribution in [2.45, 2.75) is 46.0 Å². The van der Waals surface area contributed by atoms with Crippen molar-refractivity contribution in [2.75, 3.05) is 6.54 Å². The summed E-state index contributed by atoms with van der Waals surface area (Å²) in [5.41, 5.74) is 0.368. The van der Waals surface area contributed by atoms with Gasteiger partial charge in [-0.05, 0) is 36.7 Å². The number of hydrogen-bond donors (Lipinski definition) is 1. The molecule has 0 heterocycles. The molecule has 0 aliphatic heterocycles. The highest BCUT2D eigenvalue weighted by Crippen LogP contribution is 2.42. The molecule has 2 heteroatoms. The van der Waals surface area contributed by atoms with Crippen molar-refractivity contribution in [1.29, 1.82) is 0 Å². The molecular formula is C13H23NO. The molecule has 1 N–H and O–H groups in total. The van der Waals surface area contributed by atoms with Gasteiger partial charge in [-0.3, -0.25) is 4.79 Å². The minimum absolute atomic E-state index is 0.0370. The molecular weight excluding hydrogens is 186 g/mol. The summed E-state index contributed by atoms with van der Waals surface area (Å²) >= 11 is 0. The number of nitrogens with one attached hydrogen (secondary N) is 1. The maximum absolute atomic E-state index is 11.2. The highest BCUT2D eigenvalue weighted by atomic mass is 16.1. The van der Waals surface area contributed by atoms with Gasteiger partial charge < -0.3 is 5.32 Å². The van der Waals surface area contributed by atoms with Gasteiger partial charge in [0.1, 0.15) is 0 Å². The van der Waals surface area contributed by atoms with Gasteiger partial charge in [-0.2, -0.15) is 0 Å². The molecule has 0 aromatic carbocycles. The maximum atomic E-state index is 11.2. The Balaban J connectivity index is 2.49. The molecule has 1 amide bonds. The van der Waals surface area contributed by atoms with Crippen LogP contribution in [0.3, 0.4) is 0 Å². The average Bonchev–Trinajstić information content (AvgIpc) is 2.62. The van der Waals surface area contributed by atoms with Crippen molar-refractivity contribution in [3.8, 4) is 0 Å². The fraction of sp³-hybridized carbons (Fsp3) is 0.769. The van der Waals surface area contributed by atoms with Crippen molar-refractivity contribution in [3.63, 3.8) is 0 Å². The van der Waals surface area contributed by atoms with E-state index >= 15 is 0 Å². The van der Waals surface area contributed by atoms with Gasteiger partial charge in [0.15, 0.2) is 0 Å². The second-order valence-electron chi connectivity index (χ2n) is 5.23. The molecule has 1 fully saturated rings. The zero-order valence-corrected chi connectivity index (χ0v) is 10.0. The van der Waals surface area contributed by atoms with Crippen LogP contribution in [-0.2, 0) is 4.79 Å². The summed E-state index contributed by atoms with van der Waals surface area (Å²) in [6.07, 6.45) is 7.75. The third-order valence-electron chi connectivity index (χ3n) is 3.33. The van der Waals surface area contributed by atoms with Gasteiger partial charge in [0, 0.05) is 6.54 Å². The molecule has 0 atom stereocenters. The third-order valence-corrected chi connectivity index (χ3v) is 3.33. The van der Waals surface area contributed by atoms with E-state index in [1.165, 1.54) is 38.2 Å². The molecule has 0 saturated heterocycles. The van der Waals surface area contributed by atoms with E-state index in [1.54, 1.807) is 0 Å². The lowest BCUT2D eigenvalue weighted by Crippen LogP contribution is -2.36. The van der Waals surface area contributed by atoms with Crippen molar-refractivity contribution in [3.05, 3.63) is 12.7 Å². The number of carbonyl (C=O) groups is 1. The summed E-state index contributed by atoms with van der Waals surface area (Å²) in [6.45, 7) is 8.83. The zero-order valence-electron chi connectivity index (χ0n) is 10.0. The van der Waals surface area contributed by atoms with E-state index < -0.39 is 0 Å². The fourth-order valence-corrected chi connectivity index (χ4v) is 2.79. The minimum atomic E-state index is -0.0370. The van der Waals surface area contributed by atoms with E-state index in [0.717, 1.165) is 6.54 Å². The van der Waals surface area contributed by atoms with E-state index in [9.17, 15) is 4.79 Å². The third kappa shape index (κ3) is 3.69. The maximum Gasteiger partial charge on any atom is 0.243 e. The van der Waals surface area contributed by atoms with E-state index in [4.69, 9.17) is 0 Å². The molecule has 1 rings (SSSR count). The van der Waals surface area contributed by atoms with E-state index in [1.807, 2.05) is 0 Å². The summed E-state index contributed by atoms with van der Waals surface area (Å²) in [4.78, 5) is 11.2. The van der Waals surface area contributed by atoms with Gasteiger partial charge in [0.2, 0.25) is 5.91 Å². The highest BCUT2D eigenvalue weighted by molar-refractivity contribution is 5.86. The Morgan fingerprint density at radius 2 is 2.07 bits per heavy atom. The predicted octanol–water partition coefficient (Wildman–Crippen LogP) is 2.90. The number of hydrogen-bond acceptors (Lipinski definition) is 1. The average molecular weight is 209 g/mol. The smallest absolute Gasteiger partial charge is 0.243 e. The van der Waals surface area contributed by atoms with Gasteiger partial charge in [-0.25, -0.2) is 0 Å². The van der Waals surface area contributed by atoms with Crippen LogP contribution in [0.15, 0.2) is 12.7 Å². The molecule has 2 nitrogen and oxygen atoms in total. The first kappa shape index (κ1) is 12.3. The van der Waals surface area contributed by atoms with Crippen LogP contribution in [0, 0.1) is 11.3 Å². The molecule has 0 bridgehead atoms. The molecule has 0 aromatic heterocycles. The molecule has 0 spiro atoms. The Morgan fingerprint density at radius 3 is 2.53 bits per heavy atom. The topological polar surface area (TPSA) is 29.1 Å². The lowest BCUT2D eigenvalue weighted by Gasteiger charge is -2.31. The summed E-state index contributed by atoms with van der Waals surface area (Å²) in [5.74, 6) is 0.675. The predicted molar refractivity (Wildman–Crippen MR) is 63.6 cm³/mol. The Labute approximate surface area is 93.1 Å². The van der Waals surface area contributed by atoms with Crippen LogP contribution in [0.25, 0.3) is 0 Å². The summed E-state index contributed by atoms with van der Waals surface area (Å²) in [7, 11) is 0. The zero-order chi connectivity index (χ0) is 11.3. The lowest BCUT2D eigenvalue weighted by atomic mass is 9.78. The van der Waals surface area contributed by atoms with Gasteiger partial charge in [-0.15, -0.1) is 0 Å². The second kappa shape index (κ2) is 5.34. The molecule has 1 aliphatic rings. The van der Waals surface area contributed by atoms with Crippen LogP contribution in [0.5, 0.6) is 0 Å². The van der Waals surface area contributed by atoms with Gasteiger partial charge in [0.05, 0.1) is 0 Å². The molecule has 1 saturated carbocycles. The first-order valence-corrected chi connectivity index (χ1v) is 5.98. The van der Waals surface area contributed by atoms with Crippen LogP contribution >= 0.6 is 0 Å². The Bertz CT molecular complexity index is 227. The minimum Gasteiger partial charge on any atom is -0.352 e. The summed E-state index contributed by atoms with van der Waals surface area (Å²) in [6, 6.07) is 0. The quantitative estimate of drug-likeness (QED) is 0.693. The normalized spacial score (nSPS) is 19.1. The Morgan fingerprint density at radius 1 is 1.47 bits per heavy atom. The summed E-state index contributed by atoms with van der Waals surface area (Å²) in [5, 5.41) is 2.96. The van der Waals surface area contributed by atoms with E-state index in [-0.39, 0.29) is 5.91 Å². The first-order chi connectivity index (χ1) is 7.08. The Hall–Kier alpha value is -0.790. The highest BCUT2D eigenvalue weighted by Gasteiger charge is 2.34. The molecule has 0 unspecified atom stereocenters. The van der Waals surface area contributed by atoms with Crippen molar-refractivity contribution >= 4 is 5.91 Å². The number of rotatable bonds is 5. The van der Waals surface area contributed by atoms with Crippen molar-refractivity contribution in [1.82, 2.24) is 5.32 Å². The SMILES string of the molecule is C=CC(=O)NCC1(CC(C)C)CCCC1. The number of carbonyl (C=O) groups excluding carboxylic acids is 1. The first-order valence-electron chi connectivity index (χ1n) is 5.98. The van der Waals surface area contributed by atoms with Crippen LogP contribution in [0.1, 0.15) is 46.0 Å². The van der Waals surface area contributed by atoms with Gasteiger partial charge in [0.25, 0.3) is 0 Å². The molecule has 86 valence electrons. The lowest BCUT2D eigenvalue weighted by molar-refractivity contribution is -0.117. The molecule has 1 aliphatic carbocycles. The van der Waals surface area contributed by atoms with Crippen LogP contribution in [0.2, 0.25) is 0 Å². The second-order valence-corrected chi connectivity index (χ2v) is 5.23. The van der Waals surface area contributed by atoms with Gasteiger partial charge >= 0.3 is 0 Å². The molecule has 0 radical (unpaired) electrons. The van der Waals surface area contributed by atoms with Crippen LogP contribution < -0.4 is 5.32 Å². The largest absolute Gasteiger partial charge is 0.352 e. The van der Waals surface area contributed by atoms with Crippen molar-refractivity contribution < 1.29 is 4.79 Å². The number of amides is 1. The monoisotopic (exact) mass is 209 g/mol. The van der Waals surface area contributed by atoms with Crippen molar-refractivity contribution in [2.24, 2.45) is 11.3 Å². The Kier molecular flexibility index (Phi) is 4.37. The molecule has 0 aromatic rings. The standard InChI is InChI=1S/C13H23NO/c1-4-12(15)14-10-13(9-11(2)3)7-5-6-8-13/h4,11H,1,5-10H2,2-3H3,(H,14,15). The fourth-order valence-electron chi connectivity index (χ4n) is 2.79. The van der Waals surface area contributed by atoms with E-state index in [0.29, 0.717) is 11.3 Å². The van der Waals surface area contributed by atoms with Crippen LogP contribution in [0.4, 0.5) is 0 Å². The van der Waals surface area contributed by atoms with Gasteiger partial charge in [-0.1, -0.05) is 33.3 Å². The van der Waals surface area contributed by atoms with E-state index in [2.05, 4.69) is 25.7 Å². The molecule has 15 heavy (non-hydrogen) atoms. The van der Waals surface area contributed by atoms with Crippen LogP contribution in [-0.4, -0.2) is 12.5 Å². The summed E-state index contributed by atoms with van der Waals surface area (Å²) < 4.78 is 0.